The summed E-state index contributed by atoms with van der Waals surface area (Å²) >= 11 is 0. The molecule has 0 rings (SSSR count). The van der Waals surface area contributed by atoms with Crippen LogP contribution in [-0.4, -0.2) is 61.5 Å². The summed E-state index contributed by atoms with van der Waals surface area (Å²) in [4.78, 5) is 21.6. The van der Waals surface area contributed by atoms with Crippen molar-refractivity contribution in [1.82, 2.24) is 0 Å². The van der Waals surface area contributed by atoms with E-state index >= 15 is 0 Å². The highest BCUT2D eigenvalue weighted by molar-refractivity contribution is 7.45. The van der Waals surface area contributed by atoms with Crippen LogP contribution in [0.5, 0.6) is 0 Å². The van der Waals surface area contributed by atoms with Crippen LogP contribution < -0.4 is 0 Å². The fraction of sp³-hybridized carbons (Fsp3) is 0.778. The van der Waals surface area contributed by atoms with Gasteiger partial charge in [0, 0.05) is 0 Å². The normalized spacial score (nSPS) is 10.7. The van der Waals surface area contributed by atoms with Crippen LogP contribution in [0.25, 0.3) is 0 Å². The number of hydrogen-bond donors (Lipinski definition) is 7. The van der Waals surface area contributed by atoms with E-state index in [-0.39, 0.29) is 0 Å². The molecule has 0 amide bonds. The van der Waals surface area contributed by atoms with Gasteiger partial charge in [-0.25, -0.2) is 4.57 Å². The van der Waals surface area contributed by atoms with Crippen LogP contribution >= 0.6 is 7.82 Å². The molecular formula is C9H23O8P. The smallest absolute Gasteiger partial charge is 0.396 e. The SMILES string of the molecule is C=C(C)C.O=P(O)(O)O.OCC(CO)(CO)CO. The van der Waals surface area contributed by atoms with Gasteiger partial charge in [-0.2, -0.15) is 0 Å². The van der Waals surface area contributed by atoms with Crippen LogP contribution in [0.3, 0.4) is 0 Å². The maximum absolute atomic E-state index is 8.88. The lowest BCUT2D eigenvalue weighted by atomic mass is 9.93. The maximum Gasteiger partial charge on any atom is 0.466 e. The number of allylic oxidation sites excluding steroid dienone is 1. The molecule has 0 aromatic rings. The molecule has 8 nitrogen and oxygen atoms in total. The lowest BCUT2D eigenvalue weighted by Gasteiger charge is -2.23. The third-order valence-electron chi connectivity index (χ3n) is 1.34. The number of rotatable bonds is 4. The van der Waals surface area contributed by atoms with E-state index in [1.165, 1.54) is 5.57 Å². The Morgan fingerprint density at radius 1 is 0.944 bits per heavy atom. The maximum atomic E-state index is 8.88. The highest BCUT2D eigenvalue weighted by Crippen LogP contribution is 2.25. The predicted octanol–water partition coefficient (Wildman–Crippen LogP) is -1.40. The number of aliphatic hydroxyl groups is 4. The van der Waals surface area contributed by atoms with Crippen molar-refractivity contribution in [2.75, 3.05) is 26.4 Å². The Morgan fingerprint density at radius 3 is 1.06 bits per heavy atom. The number of phosphoric acid groups is 1. The van der Waals surface area contributed by atoms with E-state index in [1.807, 2.05) is 13.8 Å². The summed E-state index contributed by atoms with van der Waals surface area (Å²) in [5, 5.41) is 34.0. The summed E-state index contributed by atoms with van der Waals surface area (Å²) < 4.78 is 8.88. The summed E-state index contributed by atoms with van der Waals surface area (Å²) in [6.07, 6.45) is 0. The van der Waals surface area contributed by atoms with Crippen molar-refractivity contribution < 1.29 is 39.7 Å². The van der Waals surface area contributed by atoms with Crippen molar-refractivity contribution in [2.24, 2.45) is 5.41 Å². The van der Waals surface area contributed by atoms with Crippen LogP contribution in [0.1, 0.15) is 13.8 Å². The first-order valence-electron chi connectivity index (χ1n) is 4.82. The van der Waals surface area contributed by atoms with Crippen molar-refractivity contribution in [3.8, 4) is 0 Å². The monoisotopic (exact) mass is 290 g/mol. The molecule has 0 fully saturated rings. The minimum absolute atomic E-state index is 0.406. The molecule has 0 atom stereocenters. The van der Waals surface area contributed by atoms with Crippen molar-refractivity contribution in [3.63, 3.8) is 0 Å². The van der Waals surface area contributed by atoms with E-state index in [0.717, 1.165) is 0 Å². The third kappa shape index (κ3) is 24.8. The van der Waals surface area contributed by atoms with Crippen LogP contribution in [0.2, 0.25) is 0 Å². The van der Waals surface area contributed by atoms with Crippen LogP contribution in [-0.2, 0) is 4.57 Å². The quantitative estimate of drug-likeness (QED) is 0.246. The Labute approximate surface area is 106 Å². The number of hydrogen-bond acceptors (Lipinski definition) is 5. The highest BCUT2D eigenvalue weighted by Gasteiger charge is 2.26. The lowest BCUT2D eigenvalue weighted by Crippen LogP contribution is -2.37. The minimum atomic E-state index is -4.64. The zero-order valence-electron chi connectivity index (χ0n) is 10.5. The summed E-state index contributed by atoms with van der Waals surface area (Å²) in [5.74, 6) is 0. The second kappa shape index (κ2) is 11.8. The topological polar surface area (TPSA) is 159 Å². The molecule has 0 aliphatic rings. The molecule has 0 aromatic carbocycles. The molecule has 18 heavy (non-hydrogen) atoms. The van der Waals surface area contributed by atoms with Gasteiger partial charge in [0.15, 0.2) is 0 Å². The van der Waals surface area contributed by atoms with Gasteiger partial charge in [0.2, 0.25) is 0 Å². The third-order valence-corrected chi connectivity index (χ3v) is 1.34. The predicted molar refractivity (Wildman–Crippen MR) is 65.5 cm³/mol. The van der Waals surface area contributed by atoms with Crippen LogP contribution in [0.4, 0.5) is 0 Å². The van der Waals surface area contributed by atoms with Crippen molar-refractivity contribution in [1.29, 1.82) is 0 Å². The van der Waals surface area contributed by atoms with Gasteiger partial charge in [-0.3, -0.25) is 0 Å². The molecule has 112 valence electrons. The average molecular weight is 290 g/mol. The molecule has 7 N–H and O–H groups in total. The molecule has 0 unspecified atom stereocenters. The molecule has 0 bridgehead atoms. The molecule has 0 heterocycles. The Balaban J connectivity index is -0.000000212. The van der Waals surface area contributed by atoms with Crippen molar-refractivity contribution in [3.05, 3.63) is 12.2 Å². The Hall–Kier alpha value is -0.310. The minimum Gasteiger partial charge on any atom is -0.396 e. The van der Waals surface area contributed by atoms with Crippen molar-refractivity contribution in [2.45, 2.75) is 13.8 Å². The van der Waals surface area contributed by atoms with E-state index < -0.39 is 39.7 Å². The molecule has 0 spiro atoms. The second-order valence-corrected chi connectivity index (χ2v) is 4.88. The molecule has 0 aliphatic heterocycles. The van der Waals surface area contributed by atoms with Gasteiger partial charge in [-0.1, -0.05) is 5.57 Å². The fourth-order valence-corrected chi connectivity index (χ4v) is 0.300. The van der Waals surface area contributed by atoms with Gasteiger partial charge in [-0.05, 0) is 13.8 Å². The van der Waals surface area contributed by atoms with Gasteiger partial charge in [0.25, 0.3) is 0 Å². The summed E-state index contributed by atoms with van der Waals surface area (Å²) in [6.45, 7) is 5.88. The van der Waals surface area contributed by atoms with Gasteiger partial charge in [-0.15, -0.1) is 6.58 Å². The van der Waals surface area contributed by atoms with E-state index in [2.05, 4.69) is 6.58 Å². The molecule has 0 saturated heterocycles. The van der Waals surface area contributed by atoms with E-state index in [0.29, 0.717) is 0 Å². The van der Waals surface area contributed by atoms with Gasteiger partial charge >= 0.3 is 7.82 Å². The van der Waals surface area contributed by atoms with Crippen LogP contribution in [0, 0.1) is 5.41 Å². The van der Waals surface area contributed by atoms with Gasteiger partial charge in [0.1, 0.15) is 0 Å². The molecule has 0 saturated carbocycles. The Morgan fingerprint density at radius 2 is 1.06 bits per heavy atom. The molecule has 0 aliphatic carbocycles. The summed E-state index contributed by atoms with van der Waals surface area (Å²) in [5.41, 5.74) is 0.0556. The molecular weight excluding hydrogens is 267 g/mol. The Kier molecular flexibility index (Phi) is 14.9. The van der Waals surface area contributed by atoms with E-state index in [9.17, 15) is 0 Å². The van der Waals surface area contributed by atoms with Gasteiger partial charge < -0.3 is 35.1 Å². The summed E-state index contributed by atoms with van der Waals surface area (Å²) in [6, 6.07) is 0. The second-order valence-electron chi connectivity index (χ2n) is 3.85. The molecule has 9 heteroatoms. The van der Waals surface area contributed by atoms with Crippen LogP contribution in [0.15, 0.2) is 12.2 Å². The zero-order chi connectivity index (χ0) is 15.4. The Bertz CT molecular complexity index is 215. The largest absolute Gasteiger partial charge is 0.466 e. The average Bonchev–Trinajstić information content (AvgIpc) is 2.19. The zero-order valence-corrected chi connectivity index (χ0v) is 11.4. The first-order valence-corrected chi connectivity index (χ1v) is 6.38. The van der Waals surface area contributed by atoms with Crippen molar-refractivity contribution >= 4 is 7.82 Å². The van der Waals surface area contributed by atoms with E-state index in [4.69, 9.17) is 39.7 Å². The van der Waals surface area contributed by atoms with E-state index in [1.54, 1.807) is 0 Å². The lowest BCUT2D eigenvalue weighted by molar-refractivity contribution is -0.0328. The first kappa shape index (κ1) is 22.8. The first-order chi connectivity index (χ1) is 7.97. The summed E-state index contributed by atoms with van der Waals surface area (Å²) in [7, 11) is -4.64. The van der Waals surface area contributed by atoms with Gasteiger partial charge in [0.05, 0.1) is 31.8 Å². The molecule has 0 radical (unpaired) electrons. The number of aliphatic hydroxyl groups excluding tert-OH is 4. The fourth-order valence-electron chi connectivity index (χ4n) is 0.300. The standard InChI is InChI=1S/C5H12O4.C4H8.H3O4P/c6-1-5(2-7,3-8)4-9;1-4(2)3;1-5(2,3)4/h6-9H,1-4H2;1H2,2-3H3;(H3,1,2,3,4). The highest BCUT2D eigenvalue weighted by atomic mass is 31.2. The molecule has 0 aromatic heterocycles.